The zero-order chi connectivity index (χ0) is 28.1. The van der Waals surface area contributed by atoms with Crippen molar-refractivity contribution >= 4 is 5.97 Å². The molecule has 0 aromatic carbocycles. The molecule has 35 heavy (non-hydrogen) atoms. The van der Waals surface area contributed by atoms with E-state index in [9.17, 15) is 72.8 Å². The molecule has 1 saturated carbocycles. The van der Waals surface area contributed by atoms with E-state index in [-0.39, 0.29) is 6.42 Å². The van der Waals surface area contributed by atoms with Gasteiger partial charge in [0.25, 0.3) is 11.2 Å². The van der Waals surface area contributed by atoms with Gasteiger partial charge in [0.2, 0.25) is 0 Å². The summed E-state index contributed by atoms with van der Waals surface area (Å²) in [6.45, 7) is 1.30. The smallest absolute Gasteiger partial charge is 0.426 e. The maximum atomic E-state index is 13.3. The van der Waals surface area contributed by atoms with Gasteiger partial charge in [-0.2, -0.15) is 52.7 Å². The first-order valence-electron chi connectivity index (χ1n) is 9.87. The van der Waals surface area contributed by atoms with E-state index in [0.29, 0.717) is 0 Å². The number of alkyl halides is 12. The fourth-order valence-corrected chi connectivity index (χ4v) is 3.91. The van der Waals surface area contributed by atoms with Gasteiger partial charge in [-0.15, -0.1) is 0 Å². The minimum absolute atomic E-state index is 0.244. The van der Waals surface area contributed by atoms with Crippen molar-refractivity contribution in [2.45, 2.75) is 81.5 Å². The Hall–Kier alpha value is -1.49. The average Bonchev–Trinajstić information content (AvgIpc) is 2.68. The molecule has 0 bridgehead atoms. The first-order chi connectivity index (χ1) is 15.3. The van der Waals surface area contributed by atoms with Gasteiger partial charge in [-0.05, 0) is 32.6 Å². The van der Waals surface area contributed by atoms with Crippen molar-refractivity contribution in [3.8, 4) is 0 Å². The molecule has 1 aliphatic rings. The molecule has 0 heterocycles. The Morgan fingerprint density at radius 1 is 0.743 bits per heavy atom. The second-order valence-corrected chi connectivity index (χ2v) is 8.72. The van der Waals surface area contributed by atoms with Gasteiger partial charge in [0.1, 0.15) is 6.10 Å². The summed E-state index contributed by atoms with van der Waals surface area (Å²) in [5.41, 5.74) is -13.4. The minimum atomic E-state index is -6.62. The first kappa shape index (κ1) is 31.5. The molecule has 208 valence electrons. The largest absolute Gasteiger partial charge is 0.462 e. The Kier molecular flexibility index (Phi) is 8.50. The number of esters is 1. The second kappa shape index (κ2) is 9.43. The van der Waals surface area contributed by atoms with Crippen molar-refractivity contribution < 1.29 is 77.5 Å². The van der Waals surface area contributed by atoms with Crippen molar-refractivity contribution in [3.63, 3.8) is 0 Å². The van der Waals surface area contributed by atoms with Crippen molar-refractivity contribution in [3.05, 3.63) is 0 Å². The zero-order valence-corrected chi connectivity index (χ0v) is 18.0. The van der Waals surface area contributed by atoms with Gasteiger partial charge in [-0.3, -0.25) is 4.79 Å². The van der Waals surface area contributed by atoms with E-state index in [2.05, 4.69) is 4.74 Å². The lowest BCUT2D eigenvalue weighted by Gasteiger charge is -2.48. The molecule has 3 unspecified atom stereocenters. The third-order valence-corrected chi connectivity index (χ3v) is 6.47. The number of hydrogen-bond acceptors (Lipinski definition) is 5. The molecule has 5 nitrogen and oxygen atoms in total. The molecule has 0 aliphatic heterocycles. The summed E-state index contributed by atoms with van der Waals surface area (Å²) in [4.78, 5) is 12.3. The number of ether oxygens (including phenoxy) is 1. The van der Waals surface area contributed by atoms with Crippen LogP contribution in [0.15, 0.2) is 0 Å². The Balaban J connectivity index is 3.70. The molecule has 3 atom stereocenters. The topological polar surface area (TPSA) is 87.0 Å². The number of aliphatic hydroxyl groups is 3. The number of halogens is 12. The Bertz CT molecular complexity index is 677. The van der Waals surface area contributed by atoms with E-state index in [1.165, 1.54) is 6.92 Å². The van der Waals surface area contributed by atoms with Gasteiger partial charge in [0, 0.05) is 11.8 Å². The number of hydrogen-bond donors (Lipinski definition) is 3. The van der Waals surface area contributed by atoms with E-state index < -0.39 is 91.1 Å². The highest BCUT2D eigenvalue weighted by Crippen LogP contribution is 2.58. The quantitative estimate of drug-likeness (QED) is 0.339. The van der Waals surface area contributed by atoms with Gasteiger partial charge in [-0.25, -0.2) is 0 Å². The van der Waals surface area contributed by atoms with Crippen LogP contribution in [-0.2, 0) is 9.53 Å². The lowest BCUT2D eigenvalue weighted by Crippen LogP contribution is -2.67. The molecule has 1 fully saturated rings. The van der Waals surface area contributed by atoms with Gasteiger partial charge in [-0.1, -0.05) is 6.92 Å². The molecule has 17 heteroatoms. The maximum Gasteiger partial charge on any atom is 0.426 e. The van der Waals surface area contributed by atoms with Crippen LogP contribution >= 0.6 is 0 Å². The Labute approximate surface area is 190 Å². The van der Waals surface area contributed by atoms with Crippen LogP contribution < -0.4 is 0 Å². The average molecular weight is 546 g/mol. The van der Waals surface area contributed by atoms with Crippen LogP contribution in [0.1, 0.15) is 39.5 Å². The van der Waals surface area contributed by atoms with E-state index in [0.717, 1.165) is 6.92 Å². The van der Waals surface area contributed by atoms with E-state index >= 15 is 0 Å². The third-order valence-electron chi connectivity index (χ3n) is 6.47. The summed E-state index contributed by atoms with van der Waals surface area (Å²) in [5, 5.41) is 28.6. The maximum absolute atomic E-state index is 13.3. The molecular formula is C18H22F12O5. The summed E-state index contributed by atoms with van der Waals surface area (Å²) in [6, 6.07) is 0. The van der Waals surface area contributed by atoms with Gasteiger partial charge < -0.3 is 20.1 Å². The highest BCUT2D eigenvalue weighted by Gasteiger charge is 2.78. The summed E-state index contributed by atoms with van der Waals surface area (Å²) in [5.74, 6) is -8.40. The van der Waals surface area contributed by atoms with Gasteiger partial charge in [0.15, 0.2) is 0 Å². The van der Waals surface area contributed by atoms with Crippen molar-refractivity contribution in [1.82, 2.24) is 0 Å². The molecule has 0 spiro atoms. The molecule has 0 aromatic rings. The molecule has 0 saturated heterocycles. The lowest BCUT2D eigenvalue weighted by atomic mass is 9.65. The Morgan fingerprint density at radius 3 is 1.29 bits per heavy atom. The fourth-order valence-electron chi connectivity index (χ4n) is 3.91. The standard InChI is InChI=1S/C18H22F12O5/c1-3-12(2,7-31)11(32)35-10-5-8(13(33,15(19,20)21)16(22,23)24)4-9(6-10)14(34,17(25,26)27)18(28,29)30/h8-10,31,33-34H,3-7H2,1-2H3. The zero-order valence-electron chi connectivity index (χ0n) is 18.0. The van der Waals surface area contributed by atoms with Crippen LogP contribution in [-0.4, -0.2) is 69.9 Å². The van der Waals surface area contributed by atoms with Crippen molar-refractivity contribution in [1.29, 1.82) is 0 Å². The lowest BCUT2D eigenvalue weighted by molar-refractivity contribution is -0.405. The summed E-state index contributed by atoms with van der Waals surface area (Å²) in [6.07, 6.45) is -34.7. The minimum Gasteiger partial charge on any atom is -0.462 e. The number of rotatable bonds is 6. The highest BCUT2D eigenvalue weighted by molar-refractivity contribution is 5.76. The van der Waals surface area contributed by atoms with Crippen LogP contribution in [0, 0.1) is 17.3 Å². The molecule has 0 amide bonds. The third kappa shape index (κ3) is 5.45. The second-order valence-electron chi connectivity index (χ2n) is 8.72. The van der Waals surface area contributed by atoms with Crippen LogP contribution in [0.25, 0.3) is 0 Å². The van der Waals surface area contributed by atoms with Crippen LogP contribution in [0.3, 0.4) is 0 Å². The number of carbonyl (C=O) groups excluding carboxylic acids is 1. The molecule has 3 N–H and O–H groups in total. The normalized spacial score (nSPS) is 25.2. The Morgan fingerprint density at radius 2 is 1.06 bits per heavy atom. The summed E-state index contributed by atoms with van der Waals surface area (Å²) in [7, 11) is 0. The summed E-state index contributed by atoms with van der Waals surface area (Å²) < 4.78 is 165. The van der Waals surface area contributed by atoms with Crippen molar-refractivity contribution in [2.75, 3.05) is 6.61 Å². The van der Waals surface area contributed by atoms with Gasteiger partial charge in [0.05, 0.1) is 12.0 Å². The monoisotopic (exact) mass is 546 g/mol. The van der Waals surface area contributed by atoms with Crippen molar-refractivity contribution in [2.24, 2.45) is 17.3 Å². The number of carbonyl (C=O) groups is 1. The van der Waals surface area contributed by atoms with Crippen LogP contribution in [0.5, 0.6) is 0 Å². The highest BCUT2D eigenvalue weighted by atomic mass is 19.4. The fraction of sp³-hybridized carbons (Fsp3) is 0.944. The summed E-state index contributed by atoms with van der Waals surface area (Å²) >= 11 is 0. The van der Waals surface area contributed by atoms with E-state index in [4.69, 9.17) is 0 Å². The molecule has 0 aromatic heterocycles. The SMILES string of the molecule is CCC(C)(CO)C(=O)OC1CC(C(O)(C(F)(F)F)C(F)(F)F)CC(C(O)(C(F)(F)F)C(F)(F)F)C1. The molecule has 1 aliphatic carbocycles. The molecule has 0 radical (unpaired) electrons. The van der Waals surface area contributed by atoms with E-state index in [1.807, 2.05) is 0 Å². The first-order valence-corrected chi connectivity index (χ1v) is 9.87. The van der Waals surface area contributed by atoms with Gasteiger partial charge >= 0.3 is 30.7 Å². The predicted octanol–water partition coefficient (Wildman–Crippen LogP) is 4.43. The predicted molar refractivity (Wildman–Crippen MR) is 90.3 cm³/mol. The van der Waals surface area contributed by atoms with Crippen LogP contribution in [0.4, 0.5) is 52.7 Å². The van der Waals surface area contributed by atoms with Crippen LogP contribution in [0.2, 0.25) is 0 Å². The molecular weight excluding hydrogens is 524 g/mol. The molecule has 1 rings (SSSR count). The van der Waals surface area contributed by atoms with E-state index in [1.54, 1.807) is 0 Å². The number of aliphatic hydroxyl groups excluding tert-OH is 1.